The number of hydrogen-bond acceptors (Lipinski definition) is 6. The molecule has 2 aromatic rings. The van der Waals surface area contributed by atoms with Gasteiger partial charge < -0.3 is 4.90 Å². The summed E-state index contributed by atoms with van der Waals surface area (Å²) in [6.07, 6.45) is 0.731. The summed E-state index contributed by atoms with van der Waals surface area (Å²) in [4.78, 5) is 11.0. The number of nitrogens with zero attached hydrogens (tertiary/aromatic N) is 4. The Balaban J connectivity index is 1.78. The molecule has 1 saturated heterocycles. The summed E-state index contributed by atoms with van der Waals surface area (Å²) >= 11 is 6.97. The first-order chi connectivity index (χ1) is 11.4. The Morgan fingerprint density at radius 2 is 1.79 bits per heavy atom. The number of anilines is 1. The van der Waals surface area contributed by atoms with Gasteiger partial charge in [-0.2, -0.15) is 4.31 Å². The number of aryl methyl sites for hydroxylation is 2. The highest BCUT2D eigenvalue weighted by Crippen LogP contribution is 2.28. The van der Waals surface area contributed by atoms with E-state index in [4.69, 9.17) is 11.6 Å². The van der Waals surface area contributed by atoms with Gasteiger partial charge in [0.05, 0.1) is 4.34 Å². The van der Waals surface area contributed by atoms with E-state index in [0.717, 1.165) is 35.7 Å². The Labute approximate surface area is 151 Å². The van der Waals surface area contributed by atoms with Crippen LogP contribution in [0.15, 0.2) is 22.4 Å². The number of rotatable bonds is 3. The first-order valence-electron chi connectivity index (χ1n) is 7.69. The minimum atomic E-state index is -3.49. The van der Waals surface area contributed by atoms with Gasteiger partial charge in [0, 0.05) is 37.6 Å². The van der Waals surface area contributed by atoms with E-state index in [2.05, 4.69) is 14.9 Å². The quantitative estimate of drug-likeness (QED) is 0.811. The zero-order chi connectivity index (χ0) is 17.3. The molecule has 3 rings (SSSR count). The van der Waals surface area contributed by atoms with E-state index in [-0.39, 0.29) is 0 Å². The fourth-order valence-corrected chi connectivity index (χ4v) is 5.85. The molecule has 9 heteroatoms. The average molecular weight is 387 g/mol. The lowest BCUT2D eigenvalue weighted by molar-refractivity contribution is 0.434. The van der Waals surface area contributed by atoms with E-state index in [0.29, 0.717) is 34.1 Å². The number of aromatic nitrogens is 2. The zero-order valence-electron chi connectivity index (χ0n) is 13.6. The summed E-state index contributed by atoms with van der Waals surface area (Å²) in [5.74, 6) is 0.672. The van der Waals surface area contributed by atoms with Gasteiger partial charge in [0.25, 0.3) is 10.0 Å². The average Bonchev–Trinajstić information content (AvgIpc) is 2.81. The third-order valence-corrected chi connectivity index (χ3v) is 7.45. The number of hydrogen-bond donors (Lipinski definition) is 0. The van der Waals surface area contributed by atoms with Crippen LogP contribution in [-0.4, -0.2) is 48.9 Å². The monoisotopic (exact) mass is 386 g/mol. The molecule has 0 aromatic carbocycles. The third-order valence-electron chi connectivity index (χ3n) is 3.85. The molecule has 0 N–H and O–H groups in total. The first-order valence-corrected chi connectivity index (χ1v) is 10.3. The molecule has 1 fully saturated rings. The van der Waals surface area contributed by atoms with E-state index in [1.165, 1.54) is 4.31 Å². The van der Waals surface area contributed by atoms with Crippen LogP contribution in [0.25, 0.3) is 0 Å². The second kappa shape index (κ2) is 6.95. The predicted molar refractivity (Wildman–Crippen MR) is 96.4 cm³/mol. The maximum atomic E-state index is 12.7. The number of sulfonamides is 1. The van der Waals surface area contributed by atoms with Gasteiger partial charge in [-0.05, 0) is 38.5 Å². The van der Waals surface area contributed by atoms with Crippen LogP contribution in [0, 0.1) is 13.8 Å². The number of thiophene rings is 1. The van der Waals surface area contributed by atoms with E-state index >= 15 is 0 Å². The molecule has 24 heavy (non-hydrogen) atoms. The topological polar surface area (TPSA) is 66.4 Å². The maximum Gasteiger partial charge on any atom is 0.252 e. The lowest BCUT2D eigenvalue weighted by Gasteiger charge is -2.22. The highest BCUT2D eigenvalue weighted by molar-refractivity contribution is 7.91. The van der Waals surface area contributed by atoms with E-state index < -0.39 is 10.0 Å². The van der Waals surface area contributed by atoms with Gasteiger partial charge in [0.2, 0.25) is 5.95 Å². The summed E-state index contributed by atoms with van der Waals surface area (Å²) in [5.41, 5.74) is 1.83. The van der Waals surface area contributed by atoms with Crippen LogP contribution in [0.3, 0.4) is 0 Å². The summed E-state index contributed by atoms with van der Waals surface area (Å²) in [7, 11) is -3.49. The summed E-state index contributed by atoms with van der Waals surface area (Å²) in [5, 5.41) is 0. The first kappa shape index (κ1) is 17.6. The van der Waals surface area contributed by atoms with Gasteiger partial charge in [-0.25, -0.2) is 18.4 Å². The number of halogens is 1. The molecule has 0 aliphatic carbocycles. The van der Waals surface area contributed by atoms with Gasteiger partial charge in [0.15, 0.2) is 0 Å². The van der Waals surface area contributed by atoms with Gasteiger partial charge in [-0.15, -0.1) is 11.3 Å². The van der Waals surface area contributed by atoms with E-state index in [9.17, 15) is 8.42 Å². The van der Waals surface area contributed by atoms with Crippen molar-refractivity contribution in [3.8, 4) is 0 Å². The van der Waals surface area contributed by atoms with Crippen LogP contribution in [-0.2, 0) is 10.0 Å². The minimum absolute atomic E-state index is 0.295. The zero-order valence-corrected chi connectivity index (χ0v) is 16.0. The molecule has 1 aliphatic rings. The molecule has 0 bridgehead atoms. The Kier molecular flexibility index (Phi) is 5.10. The molecule has 0 saturated carbocycles. The van der Waals surface area contributed by atoms with Gasteiger partial charge in [-0.1, -0.05) is 11.6 Å². The van der Waals surface area contributed by atoms with E-state index in [1.54, 1.807) is 12.1 Å². The smallest absolute Gasteiger partial charge is 0.252 e. The minimum Gasteiger partial charge on any atom is -0.339 e. The second-order valence-corrected chi connectivity index (χ2v) is 9.63. The van der Waals surface area contributed by atoms with Crippen molar-refractivity contribution in [2.24, 2.45) is 0 Å². The van der Waals surface area contributed by atoms with Crippen LogP contribution in [0.2, 0.25) is 4.34 Å². The molecule has 130 valence electrons. The molecule has 6 nitrogen and oxygen atoms in total. The van der Waals surface area contributed by atoms with Crippen molar-refractivity contribution in [1.29, 1.82) is 0 Å². The van der Waals surface area contributed by atoms with Crippen LogP contribution in [0.5, 0.6) is 0 Å². The molecular weight excluding hydrogens is 368 g/mol. The third kappa shape index (κ3) is 3.72. The van der Waals surface area contributed by atoms with Crippen molar-refractivity contribution in [2.45, 2.75) is 24.5 Å². The molecular formula is C15H19ClN4O2S2. The van der Waals surface area contributed by atoms with E-state index in [1.807, 2.05) is 19.9 Å². The lowest BCUT2D eigenvalue weighted by atomic mass is 10.3. The van der Waals surface area contributed by atoms with Gasteiger partial charge >= 0.3 is 0 Å². The molecule has 0 spiro atoms. The van der Waals surface area contributed by atoms with Crippen LogP contribution in [0.1, 0.15) is 17.8 Å². The molecule has 0 unspecified atom stereocenters. The highest BCUT2D eigenvalue weighted by Gasteiger charge is 2.28. The van der Waals surface area contributed by atoms with Gasteiger partial charge in [0.1, 0.15) is 4.21 Å². The summed E-state index contributed by atoms with van der Waals surface area (Å²) in [6, 6.07) is 5.11. The molecule has 2 aromatic heterocycles. The van der Waals surface area contributed by atoms with Gasteiger partial charge in [-0.3, -0.25) is 0 Å². The SMILES string of the molecule is Cc1cc(C)nc(N2CCCN(S(=O)(=O)c3ccc(Cl)s3)CC2)n1. The highest BCUT2D eigenvalue weighted by atomic mass is 35.5. The Morgan fingerprint density at radius 1 is 1.08 bits per heavy atom. The van der Waals surface area contributed by atoms with Crippen molar-refractivity contribution in [3.05, 3.63) is 33.9 Å². The Morgan fingerprint density at radius 3 is 2.42 bits per heavy atom. The lowest BCUT2D eigenvalue weighted by Crippen LogP contribution is -2.35. The summed E-state index contributed by atoms with van der Waals surface area (Å²) in [6.45, 7) is 6.08. The fourth-order valence-electron chi connectivity index (χ4n) is 2.75. The van der Waals surface area contributed by atoms with Crippen molar-refractivity contribution >= 4 is 38.9 Å². The molecule has 0 atom stereocenters. The van der Waals surface area contributed by atoms with Crippen LogP contribution >= 0.6 is 22.9 Å². The second-order valence-electron chi connectivity index (χ2n) is 5.75. The fraction of sp³-hybridized carbons (Fsp3) is 0.467. The maximum absolute atomic E-state index is 12.7. The predicted octanol–water partition coefficient (Wildman–Crippen LogP) is 2.71. The standard InChI is InChI=1S/C15H19ClN4O2S2/c1-11-10-12(2)18-15(17-11)19-6-3-7-20(9-8-19)24(21,22)14-5-4-13(16)23-14/h4-5,10H,3,6-9H2,1-2H3. The van der Waals surface area contributed by atoms with Crippen molar-refractivity contribution < 1.29 is 8.42 Å². The Hall–Kier alpha value is -1.22. The van der Waals surface area contributed by atoms with Crippen molar-refractivity contribution in [2.75, 3.05) is 31.1 Å². The molecule has 0 radical (unpaired) electrons. The normalized spacial score (nSPS) is 17.0. The largest absolute Gasteiger partial charge is 0.339 e. The van der Waals surface area contributed by atoms with Crippen LogP contribution < -0.4 is 4.90 Å². The van der Waals surface area contributed by atoms with Crippen molar-refractivity contribution in [3.63, 3.8) is 0 Å². The summed E-state index contributed by atoms with van der Waals surface area (Å²) < 4.78 is 27.8. The van der Waals surface area contributed by atoms with Crippen LogP contribution in [0.4, 0.5) is 5.95 Å². The molecule has 0 amide bonds. The molecule has 1 aliphatic heterocycles. The Bertz CT molecular complexity index is 817. The molecule has 3 heterocycles. The van der Waals surface area contributed by atoms with Crippen molar-refractivity contribution in [1.82, 2.24) is 14.3 Å².